The summed E-state index contributed by atoms with van der Waals surface area (Å²) < 4.78 is 30.2. The Bertz CT molecular complexity index is 646. The number of nitrogens with zero attached hydrogens (tertiary/aromatic N) is 1. The highest BCUT2D eigenvalue weighted by Crippen LogP contribution is 2.26. The molecule has 1 amide bonds. The van der Waals surface area contributed by atoms with Gasteiger partial charge in [0.25, 0.3) is 5.69 Å². The number of carbonyl (C=O) groups is 1. The molecule has 21 heavy (non-hydrogen) atoms. The first-order valence-corrected chi connectivity index (χ1v) is 6.93. The van der Waals surface area contributed by atoms with E-state index in [1.165, 1.54) is 0 Å². The van der Waals surface area contributed by atoms with Crippen molar-refractivity contribution in [3.63, 3.8) is 0 Å². The molecule has 0 saturated heterocycles. The molecule has 0 unspecified atom stereocenters. The number of hydrogen-bond acceptors (Lipinski definition) is 8. The van der Waals surface area contributed by atoms with Crippen LogP contribution in [0.2, 0.25) is 0 Å². The molecule has 0 heterocycles. The minimum absolute atomic E-state index is 0.0315. The monoisotopic (exact) mass is 319 g/mol. The lowest BCUT2D eigenvalue weighted by atomic mass is 10.3. The minimum Gasteiger partial charge on any atom is -0.448 e. The first-order valence-electron chi connectivity index (χ1n) is 5.45. The Morgan fingerprint density at radius 3 is 2.62 bits per heavy atom. The number of primary amides is 1. The maximum atomic E-state index is 11.9. The molecule has 0 aliphatic rings. The van der Waals surface area contributed by atoms with Gasteiger partial charge in [-0.3, -0.25) is 16.0 Å². The molecule has 1 aromatic carbocycles. The number of nitro benzene ring substituents is 1. The quantitative estimate of drug-likeness (QED) is 0.219. The van der Waals surface area contributed by atoms with Crippen LogP contribution in [0, 0.1) is 10.1 Å². The second-order valence-electron chi connectivity index (χ2n) is 3.65. The van der Waals surface area contributed by atoms with Gasteiger partial charge >= 0.3 is 6.09 Å². The molecule has 12 heteroatoms. The average Bonchev–Trinajstić information content (AvgIpc) is 2.42. The van der Waals surface area contributed by atoms with E-state index >= 15 is 0 Å². The zero-order valence-electron chi connectivity index (χ0n) is 10.6. The Balaban J connectivity index is 2.90. The summed E-state index contributed by atoms with van der Waals surface area (Å²) in [6.07, 6.45) is -1.04. The lowest BCUT2D eigenvalue weighted by Gasteiger charge is -2.08. The van der Waals surface area contributed by atoms with E-state index in [2.05, 4.69) is 14.9 Å². The van der Waals surface area contributed by atoms with Gasteiger partial charge in [-0.05, 0) is 12.1 Å². The number of nitrogens with one attached hydrogen (secondary N) is 2. The highest BCUT2D eigenvalue weighted by molar-refractivity contribution is 7.89. The van der Waals surface area contributed by atoms with E-state index in [-0.39, 0.29) is 23.7 Å². The Morgan fingerprint density at radius 2 is 2.10 bits per heavy atom. The third-order valence-corrected chi connectivity index (χ3v) is 3.73. The number of nitrogen functional groups attached to an aromatic ring is 1. The molecular formula is C9H13N5O6S. The molecule has 0 bridgehead atoms. The molecule has 6 N–H and O–H groups in total. The minimum atomic E-state index is -3.99. The first-order chi connectivity index (χ1) is 9.77. The molecule has 0 spiro atoms. The van der Waals surface area contributed by atoms with Crippen molar-refractivity contribution in [2.45, 2.75) is 4.90 Å². The third-order valence-electron chi connectivity index (χ3n) is 2.27. The number of nitro groups is 1. The summed E-state index contributed by atoms with van der Waals surface area (Å²) in [7, 11) is -3.99. The van der Waals surface area contributed by atoms with Gasteiger partial charge in [0, 0.05) is 12.6 Å². The number of hydrazine groups is 1. The molecule has 1 aromatic rings. The molecule has 0 atom stereocenters. The van der Waals surface area contributed by atoms with Gasteiger partial charge in [-0.2, -0.15) is 0 Å². The van der Waals surface area contributed by atoms with Gasteiger partial charge in [0.05, 0.1) is 9.82 Å². The van der Waals surface area contributed by atoms with Crippen LogP contribution in [0.5, 0.6) is 0 Å². The van der Waals surface area contributed by atoms with Gasteiger partial charge in [-0.15, -0.1) is 0 Å². The lowest BCUT2D eigenvalue weighted by molar-refractivity contribution is -0.384. The number of amides is 1. The highest BCUT2D eigenvalue weighted by atomic mass is 32.2. The maximum absolute atomic E-state index is 11.9. The van der Waals surface area contributed by atoms with Crippen LogP contribution in [-0.2, 0) is 14.8 Å². The topological polar surface area (TPSA) is 180 Å². The molecule has 0 aliphatic heterocycles. The summed E-state index contributed by atoms with van der Waals surface area (Å²) in [5.74, 6) is 5.09. The second-order valence-corrected chi connectivity index (χ2v) is 5.41. The molecule has 0 aromatic heterocycles. The van der Waals surface area contributed by atoms with Crippen LogP contribution >= 0.6 is 0 Å². The number of nitrogens with two attached hydrogens (primary N) is 2. The van der Waals surface area contributed by atoms with E-state index in [1.54, 1.807) is 0 Å². The average molecular weight is 319 g/mol. The van der Waals surface area contributed by atoms with E-state index in [1.807, 2.05) is 0 Å². The number of hydrogen-bond donors (Lipinski definition) is 4. The van der Waals surface area contributed by atoms with Crippen LogP contribution in [0.15, 0.2) is 23.1 Å². The van der Waals surface area contributed by atoms with Crippen LogP contribution < -0.4 is 21.7 Å². The van der Waals surface area contributed by atoms with Crippen molar-refractivity contribution >= 4 is 27.5 Å². The maximum Gasteiger partial charge on any atom is 0.404 e. The van der Waals surface area contributed by atoms with Crippen molar-refractivity contribution in [2.75, 3.05) is 18.6 Å². The number of ether oxygens (including phenoxy) is 1. The number of anilines is 1. The zero-order valence-corrected chi connectivity index (χ0v) is 11.4. The molecule has 1 rings (SSSR count). The molecule has 116 valence electrons. The van der Waals surface area contributed by atoms with Gasteiger partial charge < -0.3 is 15.9 Å². The number of benzene rings is 1. The van der Waals surface area contributed by atoms with Crippen molar-refractivity contribution in [3.05, 3.63) is 28.3 Å². The smallest absolute Gasteiger partial charge is 0.404 e. The van der Waals surface area contributed by atoms with Crippen LogP contribution in [0.3, 0.4) is 0 Å². The standard InChI is InChI=1S/C9H13N5O6S/c10-9(15)20-4-3-12-21(18,19)6-1-2-7(13-11)8(5-6)14(16)17/h1-2,5,12-13H,3-4,11H2,(H2,10,15). The Kier molecular flexibility index (Phi) is 5.40. The highest BCUT2D eigenvalue weighted by Gasteiger charge is 2.20. The lowest BCUT2D eigenvalue weighted by Crippen LogP contribution is -2.29. The molecule has 0 aliphatic carbocycles. The van der Waals surface area contributed by atoms with Gasteiger partial charge in [-0.25, -0.2) is 17.9 Å². The molecule has 0 saturated carbocycles. The zero-order chi connectivity index (χ0) is 16.0. The summed E-state index contributed by atoms with van der Waals surface area (Å²) in [6.45, 7) is -0.491. The fourth-order valence-corrected chi connectivity index (χ4v) is 2.40. The number of carbonyl (C=O) groups excluding carboxylic acids is 1. The molecule has 0 radical (unpaired) electrons. The Hall–Kier alpha value is -2.44. The fraction of sp³-hybridized carbons (Fsp3) is 0.222. The van der Waals surface area contributed by atoms with E-state index in [0.717, 1.165) is 18.2 Å². The molecule has 11 nitrogen and oxygen atoms in total. The molecule has 0 fully saturated rings. The van der Waals surface area contributed by atoms with Gasteiger partial charge in [0.2, 0.25) is 10.0 Å². The Labute approximate surface area is 119 Å². The van der Waals surface area contributed by atoms with Crippen molar-refractivity contribution in [1.29, 1.82) is 0 Å². The predicted molar refractivity (Wildman–Crippen MR) is 71.6 cm³/mol. The predicted octanol–water partition coefficient (Wildman–Crippen LogP) is -0.746. The second kappa shape index (κ2) is 6.83. The van der Waals surface area contributed by atoms with E-state index in [4.69, 9.17) is 11.6 Å². The largest absolute Gasteiger partial charge is 0.448 e. The van der Waals surface area contributed by atoms with Gasteiger partial charge in [0.1, 0.15) is 12.3 Å². The van der Waals surface area contributed by atoms with Crippen molar-refractivity contribution in [2.24, 2.45) is 11.6 Å². The van der Waals surface area contributed by atoms with E-state index < -0.39 is 26.7 Å². The summed E-state index contributed by atoms with van der Waals surface area (Å²) in [4.78, 5) is 20.0. The van der Waals surface area contributed by atoms with Crippen LogP contribution in [0.25, 0.3) is 0 Å². The van der Waals surface area contributed by atoms with Crippen molar-refractivity contribution in [3.8, 4) is 0 Å². The summed E-state index contributed by atoms with van der Waals surface area (Å²) in [5, 5.41) is 10.8. The van der Waals surface area contributed by atoms with Gasteiger partial charge in [0.15, 0.2) is 0 Å². The van der Waals surface area contributed by atoms with Crippen molar-refractivity contribution in [1.82, 2.24) is 4.72 Å². The van der Waals surface area contributed by atoms with Crippen LogP contribution in [-0.4, -0.2) is 32.6 Å². The van der Waals surface area contributed by atoms with Gasteiger partial charge in [-0.1, -0.05) is 0 Å². The summed E-state index contributed by atoms with van der Waals surface area (Å²) in [5.41, 5.74) is 6.28. The van der Waals surface area contributed by atoms with Crippen molar-refractivity contribution < 1.29 is 22.9 Å². The summed E-state index contributed by atoms with van der Waals surface area (Å²) in [6, 6.07) is 3.15. The SMILES string of the molecule is NNc1ccc(S(=O)(=O)NCCOC(N)=O)cc1[N+](=O)[O-]. The van der Waals surface area contributed by atoms with Crippen LogP contribution in [0.1, 0.15) is 0 Å². The molecular weight excluding hydrogens is 306 g/mol. The van der Waals surface area contributed by atoms with E-state index in [9.17, 15) is 23.3 Å². The van der Waals surface area contributed by atoms with Crippen LogP contribution in [0.4, 0.5) is 16.2 Å². The van der Waals surface area contributed by atoms with E-state index in [0.29, 0.717) is 0 Å². The fourth-order valence-electron chi connectivity index (χ4n) is 1.36. The number of sulfonamides is 1. The first kappa shape index (κ1) is 16.6. The third kappa shape index (κ3) is 4.55. The Morgan fingerprint density at radius 1 is 1.43 bits per heavy atom. The normalized spacial score (nSPS) is 10.9. The summed E-state index contributed by atoms with van der Waals surface area (Å²) >= 11 is 0. The number of rotatable bonds is 7.